The maximum Gasteiger partial charge on any atom is 0.247 e. The highest BCUT2D eigenvalue weighted by Crippen LogP contribution is 2.23. The van der Waals surface area contributed by atoms with Crippen LogP contribution in [0.2, 0.25) is 0 Å². The molecule has 138 valence electrons. The first-order valence-electron chi connectivity index (χ1n) is 9.70. The van der Waals surface area contributed by atoms with Gasteiger partial charge in [-0.3, -0.25) is 0 Å². The van der Waals surface area contributed by atoms with E-state index < -0.39 is 0 Å². The largest absolute Gasteiger partial charge is 0.368 e. The molecule has 6 heteroatoms. The predicted octanol–water partition coefficient (Wildman–Crippen LogP) is 2.74. The van der Waals surface area contributed by atoms with E-state index in [0.717, 1.165) is 57.0 Å². The smallest absolute Gasteiger partial charge is 0.247 e. The lowest BCUT2D eigenvalue weighted by atomic mass is 10.0. The molecule has 1 aromatic heterocycles. The van der Waals surface area contributed by atoms with Crippen LogP contribution in [-0.2, 0) is 0 Å². The van der Waals surface area contributed by atoms with E-state index in [-0.39, 0.29) is 0 Å². The van der Waals surface area contributed by atoms with E-state index >= 15 is 0 Å². The van der Waals surface area contributed by atoms with Gasteiger partial charge in [-0.2, -0.15) is 10.1 Å². The van der Waals surface area contributed by atoms with Crippen molar-refractivity contribution in [3.8, 4) is 0 Å². The van der Waals surface area contributed by atoms with Crippen LogP contribution in [0.1, 0.15) is 25.3 Å². The van der Waals surface area contributed by atoms with Crippen LogP contribution in [0.25, 0.3) is 0 Å². The van der Waals surface area contributed by atoms with Gasteiger partial charge in [-0.15, -0.1) is 5.10 Å². The van der Waals surface area contributed by atoms with Crippen LogP contribution in [0.15, 0.2) is 30.5 Å². The molecule has 2 aliphatic rings. The predicted molar refractivity (Wildman–Crippen MR) is 106 cm³/mol. The van der Waals surface area contributed by atoms with Gasteiger partial charge in [0.1, 0.15) is 0 Å². The van der Waals surface area contributed by atoms with E-state index in [2.05, 4.69) is 63.0 Å². The molecule has 3 heterocycles. The zero-order valence-corrected chi connectivity index (χ0v) is 15.8. The number of anilines is 3. The molecule has 1 unspecified atom stereocenters. The van der Waals surface area contributed by atoms with Crippen LogP contribution >= 0.6 is 0 Å². The Bertz CT molecular complexity index is 741. The number of piperazine rings is 1. The number of nitrogens with zero attached hydrogens (tertiary/aromatic N) is 6. The Kier molecular flexibility index (Phi) is 4.91. The van der Waals surface area contributed by atoms with Crippen molar-refractivity contribution in [1.82, 2.24) is 15.2 Å². The fourth-order valence-corrected chi connectivity index (χ4v) is 3.96. The lowest BCUT2D eigenvalue weighted by molar-refractivity contribution is 0.444. The summed E-state index contributed by atoms with van der Waals surface area (Å²) >= 11 is 0. The summed E-state index contributed by atoms with van der Waals surface area (Å²) in [6, 6.07) is 8.73. The average molecular weight is 352 g/mol. The van der Waals surface area contributed by atoms with Crippen LogP contribution in [0, 0.1) is 12.8 Å². The van der Waals surface area contributed by atoms with Gasteiger partial charge in [0.05, 0.1) is 6.20 Å². The molecule has 26 heavy (non-hydrogen) atoms. The Labute approximate surface area is 155 Å². The Morgan fingerprint density at radius 1 is 1.00 bits per heavy atom. The van der Waals surface area contributed by atoms with E-state index in [1.165, 1.54) is 24.1 Å². The number of aromatic nitrogens is 3. The number of hydrogen-bond donors (Lipinski definition) is 0. The Morgan fingerprint density at radius 3 is 2.58 bits per heavy atom. The normalized spacial score (nSPS) is 21.2. The highest BCUT2D eigenvalue weighted by molar-refractivity contribution is 5.50. The van der Waals surface area contributed by atoms with E-state index in [0.29, 0.717) is 0 Å². The van der Waals surface area contributed by atoms with Crippen molar-refractivity contribution in [2.75, 3.05) is 54.0 Å². The lowest BCUT2D eigenvalue weighted by Crippen LogP contribution is -2.47. The average Bonchev–Trinajstić information content (AvgIpc) is 2.68. The third kappa shape index (κ3) is 3.74. The van der Waals surface area contributed by atoms with Crippen molar-refractivity contribution in [2.45, 2.75) is 26.7 Å². The van der Waals surface area contributed by atoms with Gasteiger partial charge in [0.15, 0.2) is 5.82 Å². The highest BCUT2D eigenvalue weighted by atomic mass is 15.4. The molecule has 4 rings (SSSR count). The summed E-state index contributed by atoms with van der Waals surface area (Å²) < 4.78 is 0. The zero-order chi connectivity index (χ0) is 17.9. The molecule has 0 aliphatic carbocycles. The Hall–Kier alpha value is -2.37. The van der Waals surface area contributed by atoms with Crippen molar-refractivity contribution in [1.29, 1.82) is 0 Å². The van der Waals surface area contributed by atoms with E-state index in [9.17, 15) is 0 Å². The number of rotatable bonds is 3. The number of benzene rings is 1. The molecule has 6 nitrogen and oxygen atoms in total. The molecule has 0 spiro atoms. The lowest BCUT2D eigenvalue weighted by Gasteiger charge is -2.36. The molecule has 0 amide bonds. The second-order valence-electron chi connectivity index (χ2n) is 7.62. The maximum atomic E-state index is 4.83. The monoisotopic (exact) mass is 352 g/mol. The summed E-state index contributed by atoms with van der Waals surface area (Å²) in [5, 5.41) is 8.55. The molecule has 1 aromatic carbocycles. The molecule has 0 bridgehead atoms. The Balaban J connectivity index is 1.42. The standard InChI is InChI=1S/C20H28N6/c1-16-5-3-7-18(13-16)24-9-11-25(12-10-24)20-22-19(14-21-23-20)26-8-4-6-17(2)15-26/h3,5,7,13-14,17H,4,6,8-12,15H2,1-2H3. The molecule has 2 aliphatic heterocycles. The van der Waals surface area contributed by atoms with E-state index in [1.807, 2.05) is 6.20 Å². The van der Waals surface area contributed by atoms with E-state index in [1.54, 1.807) is 0 Å². The molecule has 2 fully saturated rings. The van der Waals surface area contributed by atoms with Crippen LogP contribution in [0.3, 0.4) is 0 Å². The maximum absolute atomic E-state index is 4.83. The fraction of sp³-hybridized carbons (Fsp3) is 0.550. The number of aryl methyl sites for hydroxylation is 1. The van der Waals surface area contributed by atoms with Gasteiger partial charge < -0.3 is 14.7 Å². The third-order valence-corrected chi connectivity index (χ3v) is 5.45. The molecule has 0 radical (unpaired) electrons. The Morgan fingerprint density at radius 2 is 1.81 bits per heavy atom. The van der Waals surface area contributed by atoms with Crippen LogP contribution in [0.5, 0.6) is 0 Å². The van der Waals surface area contributed by atoms with Gasteiger partial charge in [0, 0.05) is 45.0 Å². The van der Waals surface area contributed by atoms with Crippen molar-refractivity contribution >= 4 is 17.5 Å². The number of piperidine rings is 1. The summed E-state index contributed by atoms with van der Waals surface area (Å²) in [5.74, 6) is 2.47. The van der Waals surface area contributed by atoms with E-state index in [4.69, 9.17) is 4.98 Å². The van der Waals surface area contributed by atoms with Crippen LogP contribution in [0.4, 0.5) is 17.5 Å². The van der Waals surface area contributed by atoms with Crippen molar-refractivity contribution in [3.63, 3.8) is 0 Å². The van der Waals surface area contributed by atoms with Gasteiger partial charge in [-0.1, -0.05) is 19.1 Å². The SMILES string of the molecule is Cc1cccc(N2CCN(c3nncc(N4CCCC(C)C4)n3)CC2)c1. The van der Waals surface area contributed by atoms with Gasteiger partial charge in [0.25, 0.3) is 0 Å². The molecule has 2 saturated heterocycles. The molecule has 0 saturated carbocycles. The van der Waals surface area contributed by atoms with Gasteiger partial charge in [-0.25, -0.2) is 0 Å². The third-order valence-electron chi connectivity index (χ3n) is 5.45. The highest BCUT2D eigenvalue weighted by Gasteiger charge is 2.22. The molecule has 1 atom stereocenters. The minimum atomic E-state index is 0.722. The minimum Gasteiger partial charge on any atom is -0.368 e. The van der Waals surface area contributed by atoms with Crippen LogP contribution < -0.4 is 14.7 Å². The fourth-order valence-electron chi connectivity index (χ4n) is 3.96. The second-order valence-corrected chi connectivity index (χ2v) is 7.62. The first kappa shape index (κ1) is 17.1. The first-order chi connectivity index (χ1) is 12.7. The summed E-state index contributed by atoms with van der Waals surface area (Å²) in [6.45, 7) is 10.4. The van der Waals surface area contributed by atoms with Gasteiger partial charge >= 0.3 is 0 Å². The van der Waals surface area contributed by atoms with Crippen molar-refractivity contribution in [2.24, 2.45) is 5.92 Å². The molecule has 2 aromatic rings. The topological polar surface area (TPSA) is 48.4 Å². The second kappa shape index (κ2) is 7.48. The summed E-state index contributed by atoms with van der Waals surface area (Å²) in [4.78, 5) is 11.9. The van der Waals surface area contributed by atoms with Crippen molar-refractivity contribution in [3.05, 3.63) is 36.0 Å². The van der Waals surface area contributed by atoms with Crippen molar-refractivity contribution < 1.29 is 0 Å². The summed E-state index contributed by atoms with van der Waals surface area (Å²) in [5.41, 5.74) is 2.61. The zero-order valence-electron chi connectivity index (χ0n) is 15.8. The number of hydrogen-bond acceptors (Lipinski definition) is 6. The van der Waals surface area contributed by atoms with Gasteiger partial charge in [0.2, 0.25) is 5.95 Å². The molecular weight excluding hydrogens is 324 g/mol. The first-order valence-corrected chi connectivity index (χ1v) is 9.70. The molecule has 0 N–H and O–H groups in total. The van der Waals surface area contributed by atoms with Crippen LogP contribution in [-0.4, -0.2) is 54.4 Å². The quantitative estimate of drug-likeness (QED) is 0.847. The minimum absolute atomic E-state index is 0.722. The summed E-state index contributed by atoms with van der Waals surface area (Å²) in [7, 11) is 0. The molecular formula is C20H28N6. The van der Waals surface area contributed by atoms with Gasteiger partial charge in [-0.05, 0) is 43.4 Å². The summed E-state index contributed by atoms with van der Waals surface area (Å²) in [6.07, 6.45) is 4.35.